The van der Waals surface area contributed by atoms with Crippen molar-refractivity contribution in [3.63, 3.8) is 0 Å². The molecule has 4 rings (SSSR count). The average Bonchev–Trinajstić information content (AvgIpc) is 3.26. The lowest BCUT2D eigenvalue weighted by Crippen LogP contribution is -2.28. The minimum atomic E-state index is -3.66. The zero-order chi connectivity index (χ0) is 22.6. The SMILES string of the molecule is Cc1ccc(S(=O)(=O)NC[C@@H](Sc2nnnn2-c2ccc(Cl)cc2)c2ccccc2)cc1. The molecule has 0 radical (unpaired) electrons. The van der Waals surface area contributed by atoms with Crippen molar-refractivity contribution >= 4 is 33.4 Å². The van der Waals surface area contributed by atoms with Gasteiger partial charge < -0.3 is 0 Å². The van der Waals surface area contributed by atoms with E-state index >= 15 is 0 Å². The van der Waals surface area contributed by atoms with Gasteiger partial charge in [-0.25, -0.2) is 13.1 Å². The van der Waals surface area contributed by atoms with Gasteiger partial charge in [0.1, 0.15) is 0 Å². The lowest BCUT2D eigenvalue weighted by molar-refractivity contribution is 0.581. The third kappa shape index (κ3) is 5.36. The van der Waals surface area contributed by atoms with Gasteiger partial charge in [-0.2, -0.15) is 4.68 Å². The maximum Gasteiger partial charge on any atom is 0.240 e. The predicted molar refractivity (Wildman–Crippen MR) is 126 cm³/mol. The minimum absolute atomic E-state index is 0.165. The van der Waals surface area contributed by atoms with E-state index < -0.39 is 10.0 Å². The van der Waals surface area contributed by atoms with Crippen molar-refractivity contribution in [1.29, 1.82) is 0 Å². The van der Waals surface area contributed by atoms with E-state index in [4.69, 9.17) is 11.6 Å². The zero-order valence-corrected chi connectivity index (χ0v) is 19.5. The summed E-state index contributed by atoms with van der Waals surface area (Å²) in [6, 6.07) is 23.6. The van der Waals surface area contributed by atoms with Gasteiger partial charge in [-0.15, -0.1) is 5.10 Å². The number of rotatable bonds is 8. The van der Waals surface area contributed by atoms with Crippen LogP contribution in [0.5, 0.6) is 0 Å². The number of halogens is 1. The average molecular weight is 486 g/mol. The van der Waals surface area contributed by atoms with Crippen LogP contribution in [0.1, 0.15) is 16.4 Å². The first-order valence-corrected chi connectivity index (χ1v) is 12.5. The Morgan fingerprint density at radius 3 is 2.38 bits per heavy atom. The zero-order valence-electron chi connectivity index (χ0n) is 17.1. The summed E-state index contributed by atoms with van der Waals surface area (Å²) < 4.78 is 30.0. The van der Waals surface area contributed by atoms with Crippen LogP contribution in [0.3, 0.4) is 0 Å². The Morgan fingerprint density at radius 1 is 1.00 bits per heavy atom. The molecule has 7 nitrogen and oxygen atoms in total. The van der Waals surface area contributed by atoms with Gasteiger partial charge in [-0.05, 0) is 59.3 Å². The molecule has 0 saturated carbocycles. The van der Waals surface area contributed by atoms with E-state index in [1.165, 1.54) is 11.8 Å². The normalized spacial score (nSPS) is 12.6. The molecule has 3 aromatic carbocycles. The standard InChI is InChI=1S/C22H20ClN5O2S2/c1-16-7-13-20(14-8-16)32(29,30)24-15-21(17-5-3-2-4-6-17)31-22-25-26-27-28(22)19-11-9-18(23)10-12-19/h2-14,21,24H,15H2,1H3/t21-/m1/s1. The third-order valence-corrected chi connectivity index (χ3v) is 7.60. The van der Waals surface area contributed by atoms with Gasteiger partial charge in [0.05, 0.1) is 15.8 Å². The van der Waals surface area contributed by atoms with Gasteiger partial charge in [0.15, 0.2) is 0 Å². The highest BCUT2D eigenvalue weighted by Crippen LogP contribution is 2.34. The number of hydrogen-bond acceptors (Lipinski definition) is 6. The lowest BCUT2D eigenvalue weighted by atomic mass is 10.1. The molecule has 0 aliphatic heterocycles. The van der Waals surface area contributed by atoms with E-state index in [1.54, 1.807) is 41.1 Å². The van der Waals surface area contributed by atoms with Crippen molar-refractivity contribution in [2.24, 2.45) is 0 Å². The second kappa shape index (κ2) is 9.83. The van der Waals surface area contributed by atoms with Gasteiger partial charge in [0, 0.05) is 11.6 Å². The van der Waals surface area contributed by atoms with Crippen molar-refractivity contribution in [3.05, 3.63) is 95.0 Å². The van der Waals surface area contributed by atoms with E-state index in [2.05, 4.69) is 20.2 Å². The summed E-state index contributed by atoms with van der Waals surface area (Å²) in [6.07, 6.45) is 0. The summed E-state index contributed by atoms with van der Waals surface area (Å²) in [6.45, 7) is 2.08. The van der Waals surface area contributed by atoms with Crippen LogP contribution < -0.4 is 4.72 Å². The van der Waals surface area contributed by atoms with Crippen molar-refractivity contribution in [2.45, 2.75) is 22.2 Å². The Hall–Kier alpha value is -2.72. The largest absolute Gasteiger partial charge is 0.240 e. The van der Waals surface area contributed by atoms with Gasteiger partial charge in [-0.3, -0.25) is 0 Å². The molecule has 1 N–H and O–H groups in total. The second-order valence-corrected chi connectivity index (χ2v) is 10.4. The summed E-state index contributed by atoms with van der Waals surface area (Å²) in [5.74, 6) is 0. The summed E-state index contributed by atoms with van der Waals surface area (Å²) in [5, 5.41) is 12.9. The number of hydrogen-bond donors (Lipinski definition) is 1. The van der Waals surface area contributed by atoms with E-state index in [9.17, 15) is 8.42 Å². The first-order chi connectivity index (χ1) is 15.4. The fourth-order valence-corrected chi connectivity index (χ4v) is 5.32. The van der Waals surface area contributed by atoms with Crippen molar-refractivity contribution < 1.29 is 8.42 Å². The molecule has 4 aromatic rings. The van der Waals surface area contributed by atoms with E-state index in [0.29, 0.717) is 10.2 Å². The quantitative estimate of drug-likeness (QED) is 0.371. The fraction of sp³-hybridized carbons (Fsp3) is 0.136. The van der Waals surface area contributed by atoms with Gasteiger partial charge >= 0.3 is 0 Å². The molecule has 1 aromatic heterocycles. The molecule has 0 aliphatic rings. The molecule has 0 spiro atoms. The van der Waals surface area contributed by atoms with Crippen LogP contribution >= 0.6 is 23.4 Å². The third-order valence-electron chi connectivity index (χ3n) is 4.72. The van der Waals surface area contributed by atoms with Crippen LogP contribution in [0.25, 0.3) is 5.69 Å². The smallest absolute Gasteiger partial charge is 0.210 e. The predicted octanol–water partition coefficient (Wildman–Crippen LogP) is 4.44. The van der Waals surface area contributed by atoms with Crippen LogP contribution in [0.15, 0.2) is 88.9 Å². The Morgan fingerprint density at radius 2 is 1.69 bits per heavy atom. The molecule has 0 saturated heterocycles. The Labute approximate surface area is 195 Å². The number of thioether (sulfide) groups is 1. The highest BCUT2D eigenvalue weighted by atomic mass is 35.5. The lowest BCUT2D eigenvalue weighted by Gasteiger charge is -2.17. The Balaban J connectivity index is 1.58. The van der Waals surface area contributed by atoms with Crippen LogP contribution in [-0.4, -0.2) is 35.2 Å². The summed E-state index contributed by atoms with van der Waals surface area (Å²) in [4.78, 5) is 0.228. The van der Waals surface area contributed by atoms with Crippen molar-refractivity contribution in [2.75, 3.05) is 6.54 Å². The van der Waals surface area contributed by atoms with Crippen molar-refractivity contribution in [1.82, 2.24) is 24.9 Å². The highest BCUT2D eigenvalue weighted by Gasteiger charge is 2.22. The Kier molecular flexibility index (Phi) is 6.90. The molecule has 1 heterocycles. The maximum atomic E-state index is 12.8. The van der Waals surface area contributed by atoms with Crippen molar-refractivity contribution in [3.8, 4) is 5.69 Å². The minimum Gasteiger partial charge on any atom is -0.210 e. The molecule has 10 heteroatoms. The van der Waals surface area contributed by atoms with E-state index in [0.717, 1.165) is 16.8 Å². The maximum absolute atomic E-state index is 12.8. The molecule has 0 fully saturated rings. The van der Waals surface area contributed by atoms with E-state index in [1.807, 2.05) is 49.4 Å². The summed E-state index contributed by atoms with van der Waals surface area (Å²) >= 11 is 7.37. The van der Waals surface area contributed by atoms with Gasteiger partial charge in [-0.1, -0.05) is 71.4 Å². The summed E-state index contributed by atoms with van der Waals surface area (Å²) in [7, 11) is -3.66. The van der Waals surface area contributed by atoms with Crippen LogP contribution in [0, 0.1) is 6.92 Å². The molecule has 164 valence electrons. The topological polar surface area (TPSA) is 89.8 Å². The molecule has 0 amide bonds. The van der Waals surface area contributed by atoms with Gasteiger partial charge in [0.2, 0.25) is 15.2 Å². The molecule has 1 atom stereocenters. The molecule has 0 aliphatic carbocycles. The van der Waals surface area contributed by atoms with Crippen LogP contribution in [-0.2, 0) is 10.0 Å². The number of nitrogens with zero attached hydrogens (tertiary/aromatic N) is 4. The van der Waals surface area contributed by atoms with E-state index in [-0.39, 0.29) is 16.7 Å². The second-order valence-electron chi connectivity index (χ2n) is 7.03. The van der Waals surface area contributed by atoms with Crippen LogP contribution in [0.2, 0.25) is 5.02 Å². The fourth-order valence-electron chi connectivity index (χ4n) is 3.01. The number of tetrazole rings is 1. The number of sulfonamides is 1. The number of nitrogens with one attached hydrogen (secondary N) is 1. The highest BCUT2D eigenvalue weighted by molar-refractivity contribution is 7.99. The Bertz CT molecular complexity index is 1280. The molecular weight excluding hydrogens is 466 g/mol. The number of aromatic nitrogens is 4. The summed E-state index contributed by atoms with van der Waals surface area (Å²) in [5.41, 5.74) is 2.71. The molecule has 32 heavy (non-hydrogen) atoms. The first kappa shape index (κ1) is 22.5. The molecule has 0 bridgehead atoms. The van der Waals surface area contributed by atoms with Gasteiger partial charge in [0.25, 0.3) is 0 Å². The monoisotopic (exact) mass is 485 g/mol. The number of aryl methyl sites for hydroxylation is 1. The first-order valence-electron chi connectivity index (χ1n) is 9.75. The van der Waals surface area contributed by atoms with Crippen LogP contribution in [0.4, 0.5) is 0 Å². The molecular formula is C22H20ClN5O2S2. The number of benzene rings is 3. The molecule has 0 unspecified atom stereocenters.